The van der Waals surface area contributed by atoms with Gasteiger partial charge in [-0.15, -0.1) is 0 Å². The summed E-state index contributed by atoms with van der Waals surface area (Å²) in [7, 11) is 1.92. The summed E-state index contributed by atoms with van der Waals surface area (Å²) in [6, 6.07) is 0. The normalized spacial score (nSPS) is 31.2. The zero-order chi connectivity index (χ0) is 16.2. The number of nitrogens with zero attached hydrogens (tertiary/aromatic N) is 2. The van der Waals surface area contributed by atoms with E-state index >= 15 is 0 Å². The predicted molar refractivity (Wildman–Crippen MR) is 91.1 cm³/mol. The van der Waals surface area contributed by atoms with Gasteiger partial charge in [0.05, 0.1) is 12.1 Å². The second kappa shape index (κ2) is 7.47. The summed E-state index contributed by atoms with van der Waals surface area (Å²) in [6.45, 7) is 4.82. The molecule has 1 aromatic heterocycles. The van der Waals surface area contributed by atoms with E-state index in [1.165, 1.54) is 31.2 Å². The van der Waals surface area contributed by atoms with Crippen molar-refractivity contribution in [3.8, 4) is 0 Å². The summed E-state index contributed by atoms with van der Waals surface area (Å²) in [6.07, 6.45) is 10.5. The molecule has 2 heterocycles. The lowest BCUT2D eigenvalue weighted by molar-refractivity contribution is -0.124. The molecule has 23 heavy (non-hydrogen) atoms. The van der Waals surface area contributed by atoms with E-state index in [2.05, 4.69) is 22.7 Å². The predicted octanol–water partition coefficient (Wildman–Crippen LogP) is 2.06. The molecule has 3 rings (SSSR count). The van der Waals surface area contributed by atoms with Crippen molar-refractivity contribution in [3.63, 3.8) is 0 Å². The fraction of sp³-hybridized carbons (Fsp3) is 0.778. The van der Waals surface area contributed by atoms with Gasteiger partial charge in [0.25, 0.3) is 0 Å². The molecule has 128 valence electrons. The van der Waals surface area contributed by atoms with Crippen LogP contribution in [0, 0.1) is 17.8 Å². The van der Waals surface area contributed by atoms with E-state index in [4.69, 9.17) is 0 Å². The maximum Gasteiger partial charge on any atom is 0.225 e. The second-order valence-electron chi connectivity index (χ2n) is 7.54. The molecule has 0 radical (unpaired) electrons. The van der Waals surface area contributed by atoms with Gasteiger partial charge in [-0.3, -0.25) is 9.48 Å². The topological polar surface area (TPSA) is 59.0 Å². The van der Waals surface area contributed by atoms with Crippen LogP contribution < -0.4 is 10.6 Å². The minimum absolute atomic E-state index is 0.0319. The lowest BCUT2D eigenvalue weighted by Gasteiger charge is -2.27. The Morgan fingerprint density at radius 3 is 3.04 bits per heavy atom. The average Bonchev–Trinajstić information content (AvgIpc) is 3.15. The van der Waals surface area contributed by atoms with Crippen molar-refractivity contribution in [1.82, 2.24) is 20.4 Å². The van der Waals surface area contributed by atoms with Crippen molar-refractivity contribution >= 4 is 5.91 Å². The Bertz CT molecular complexity index is 527. The first kappa shape index (κ1) is 16.5. The maximum atomic E-state index is 12.6. The van der Waals surface area contributed by atoms with Crippen molar-refractivity contribution in [2.24, 2.45) is 24.8 Å². The quantitative estimate of drug-likeness (QED) is 0.873. The van der Waals surface area contributed by atoms with Gasteiger partial charge in [0.1, 0.15) is 0 Å². The van der Waals surface area contributed by atoms with Crippen LogP contribution in [0.2, 0.25) is 0 Å². The summed E-state index contributed by atoms with van der Waals surface area (Å²) in [5.74, 6) is 2.14. The third-order valence-corrected chi connectivity index (χ3v) is 5.60. The van der Waals surface area contributed by atoms with Crippen LogP contribution in [0.15, 0.2) is 12.4 Å². The second-order valence-corrected chi connectivity index (χ2v) is 7.54. The zero-order valence-electron chi connectivity index (χ0n) is 14.4. The molecule has 1 aromatic rings. The van der Waals surface area contributed by atoms with Gasteiger partial charge < -0.3 is 10.6 Å². The monoisotopic (exact) mass is 318 g/mol. The van der Waals surface area contributed by atoms with Gasteiger partial charge >= 0.3 is 0 Å². The van der Waals surface area contributed by atoms with Gasteiger partial charge in [-0.05, 0) is 30.2 Å². The van der Waals surface area contributed by atoms with Gasteiger partial charge in [0.15, 0.2) is 0 Å². The number of hydrogen-bond acceptors (Lipinski definition) is 3. The number of aromatic nitrogens is 2. The third kappa shape index (κ3) is 4.14. The Labute approximate surface area is 139 Å². The molecule has 1 saturated carbocycles. The van der Waals surface area contributed by atoms with E-state index < -0.39 is 0 Å². The van der Waals surface area contributed by atoms with E-state index in [1.807, 2.05) is 24.1 Å². The standard InChI is InChI=1S/C18H30N4O/c1-13-4-3-5-14(8-13)6-7-20-18(23)17-11-19-10-16(17)15-9-21-22(2)12-15/h9,12-14,16-17,19H,3-8,10-11H2,1-2H3,(H,20,23)/t13?,14?,16-,17+/m1/s1. The van der Waals surface area contributed by atoms with E-state index in [0.717, 1.165) is 37.9 Å². The molecule has 2 N–H and O–H groups in total. The SMILES string of the molecule is CC1CCCC(CCNC(=O)[C@H]2CNC[C@@H]2c2cnn(C)c2)C1. The Balaban J connectivity index is 1.47. The minimum atomic E-state index is 0.0319. The highest BCUT2D eigenvalue weighted by molar-refractivity contribution is 5.80. The smallest absolute Gasteiger partial charge is 0.225 e. The molecule has 2 unspecified atom stereocenters. The van der Waals surface area contributed by atoms with Gasteiger partial charge in [0.2, 0.25) is 5.91 Å². The number of amides is 1. The molecule has 0 aromatic carbocycles. The molecule has 1 aliphatic carbocycles. The fourth-order valence-electron chi connectivity index (χ4n) is 4.29. The number of hydrogen-bond donors (Lipinski definition) is 2. The van der Waals surface area contributed by atoms with Crippen LogP contribution >= 0.6 is 0 Å². The molecule has 0 spiro atoms. The van der Waals surface area contributed by atoms with Crippen LogP contribution in [0.5, 0.6) is 0 Å². The molecule has 2 aliphatic rings. The third-order valence-electron chi connectivity index (χ3n) is 5.60. The Morgan fingerprint density at radius 1 is 1.43 bits per heavy atom. The first-order valence-corrected chi connectivity index (χ1v) is 9.10. The molecule has 5 heteroatoms. The van der Waals surface area contributed by atoms with Gasteiger partial charge in [0, 0.05) is 38.8 Å². The Kier molecular flexibility index (Phi) is 5.36. The molecular weight excluding hydrogens is 288 g/mol. The van der Waals surface area contributed by atoms with Crippen LogP contribution in [0.3, 0.4) is 0 Å². The zero-order valence-corrected chi connectivity index (χ0v) is 14.4. The lowest BCUT2D eigenvalue weighted by atomic mass is 9.81. The van der Waals surface area contributed by atoms with E-state index in [0.29, 0.717) is 0 Å². The molecule has 5 nitrogen and oxygen atoms in total. The molecule has 4 atom stereocenters. The lowest BCUT2D eigenvalue weighted by Crippen LogP contribution is -2.35. The maximum absolute atomic E-state index is 12.6. The number of aryl methyl sites for hydroxylation is 1. The highest BCUT2D eigenvalue weighted by Gasteiger charge is 2.34. The van der Waals surface area contributed by atoms with Crippen molar-refractivity contribution < 1.29 is 4.79 Å². The highest BCUT2D eigenvalue weighted by atomic mass is 16.1. The summed E-state index contributed by atoms with van der Waals surface area (Å²) in [5.41, 5.74) is 1.17. The number of nitrogens with one attached hydrogen (secondary N) is 2. The van der Waals surface area contributed by atoms with Crippen LogP contribution in [-0.2, 0) is 11.8 Å². The van der Waals surface area contributed by atoms with Gasteiger partial charge in [-0.1, -0.05) is 26.2 Å². The number of carbonyl (C=O) groups excluding carboxylic acids is 1. The van der Waals surface area contributed by atoms with Crippen molar-refractivity contribution in [2.75, 3.05) is 19.6 Å². The van der Waals surface area contributed by atoms with Crippen molar-refractivity contribution in [2.45, 2.75) is 44.9 Å². The van der Waals surface area contributed by atoms with Gasteiger partial charge in [-0.2, -0.15) is 5.10 Å². The minimum Gasteiger partial charge on any atom is -0.356 e. The summed E-state index contributed by atoms with van der Waals surface area (Å²) >= 11 is 0. The molecule has 1 amide bonds. The largest absolute Gasteiger partial charge is 0.356 e. The van der Waals surface area contributed by atoms with Crippen molar-refractivity contribution in [1.29, 1.82) is 0 Å². The van der Waals surface area contributed by atoms with Crippen LogP contribution in [0.25, 0.3) is 0 Å². The highest BCUT2D eigenvalue weighted by Crippen LogP contribution is 2.31. The van der Waals surface area contributed by atoms with E-state index in [1.54, 1.807) is 0 Å². The van der Waals surface area contributed by atoms with Crippen LogP contribution in [0.1, 0.15) is 50.5 Å². The average molecular weight is 318 g/mol. The Hall–Kier alpha value is -1.36. The summed E-state index contributed by atoms with van der Waals surface area (Å²) < 4.78 is 1.81. The fourth-order valence-corrected chi connectivity index (χ4v) is 4.29. The Morgan fingerprint density at radius 2 is 2.30 bits per heavy atom. The number of carbonyl (C=O) groups is 1. The van der Waals surface area contributed by atoms with Crippen LogP contribution in [0.4, 0.5) is 0 Å². The first-order chi connectivity index (χ1) is 11.1. The van der Waals surface area contributed by atoms with Gasteiger partial charge in [-0.25, -0.2) is 0 Å². The molecular formula is C18H30N4O. The number of rotatable bonds is 5. The first-order valence-electron chi connectivity index (χ1n) is 9.10. The molecule has 1 saturated heterocycles. The van der Waals surface area contributed by atoms with Crippen LogP contribution in [-0.4, -0.2) is 35.3 Å². The van der Waals surface area contributed by atoms with E-state index in [9.17, 15) is 4.79 Å². The molecule has 0 bridgehead atoms. The van der Waals surface area contributed by atoms with Crippen molar-refractivity contribution in [3.05, 3.63) is 18.0 Å². The molecule has 2 fully saturated rings. The van der Waals surface area contributed by atoms with E-state index in [-0.39, 0.29) is 17.7 Å². The summed E-state index contributed by atoms with van der Waals surface area (Å²) in [5, 5.41) is 10.8. The summed E-state index contributed by atoms with van der Waals surface area (Å²) in [4.78, 5) is 12.6. The molecule has 1 aliphatic heterocycles.